The molecule has 0 aliphatic carbocycles. The van der Waals surface area contributed by atoms with E-state index in [0.29, 0.717) is 0 Å². The fourth-order valence-corrected chi connectivity index (χ4v) is 0.750. The fraction of sp³-hybridized carbons (Fsp3) is 1.00. The minimum Gasteiger partial charge on any atom is -0.419 e. The summed E-state index contributed by atoms with van der Waals surface area (Å²) in [6.45, 7) is 3.85. The Kier molecular flexibility index (Phi) is 2.49. The first-order valence-corrected chi connectivity index (χ1v) is 5.07. The van der Waals surface area contributed by atoms with Gasteiger partial charge in [0.2, 0.25) is 0 Å². The molecule has 0 radical (unpaired) electrons. The van der Waals surface area contributed by atoms with Crippen molar-refractivity contribution in [2.45, 2.75) is 25.9 Å². The summed E-state index contributed by atoms with van der Waals surface area (Å²) < 4.78 is 0. The van der Waals surface area contributed by atoms with Crippen LogP contribution in [0.15, 0.2) is 0 Å². The third-order valence-electron chi connectivity index (χ3n) is 1.22. The molecule has 0 aliphatic heterocycles. The van der Waals surface area contributed by atoms with Crippen molar-refractivity contribution in [1.29, 1.82) is 0 Å². The highest BCUT2D eigenvalue weighted by molar-refractivity contribution is 6.68. The lowest BCUT2D eigenvalue weighted by Gasteiger charge is -2.12. The second-order valence-electron chi connectivity index (χ2n) is 1.81. The van der Waals surface area contributed by atoms with Gasteiger partial charge in [-0.3, -0.25) is 0 Å². The Bertz CT molecular complexity index is 49.7. The van der Waals surface area contributed by atoms with Gasteiger partial charge >= 0.3 is 0 Å². The van der Waals surface area contributed by atoms with E-state index in [1.54, 1.807) is 0 Å². The first kappa shape index (κ1) is 7.14. The minimum atomic E-state index is -2.15. The Morgan fingerprint density at radius 2 is 1.71 bits per heavy atom. The van der Waals surface area contributed by atoms with Crippen LogP contribution in [0, 0.1) is 0 Å². The molecule has 0 spiro atoms. The fourth-order valence-electron chi connectivity index (χ4n) is 0.250. The summed E-state index contributed by atoms with van der Waals surface area (Å²) in [5, 5.41) is 5.41. The van der Waals surface area contributed by atoms with E-state index in [0.717, 1.165) is 12.1 Å². The van der Waals surface area contributed by atoms with E-state index in [9.17, 15) is 0 Å². The summed E-state index contributed by atoms with van der Waals surface area (Å²) >= 11 is 0. The predicted molar refractivity (Wildman–Crippen MR) is 33.1 cm³/mol. The van der Waals surface area contributed by atoms with Gasteiger partial charge in [-0.1, -0.05) is 13.8 Å². The van der Waals surface area contributed by atoms with Crippen LogP contribution in [0.4, 0.5) is 0 Å². The van der Waals surface area contributed by atoms with Crippen molar-refractivity contribution in [3.63, 3.8) is 0 Å². The van der Waals surface area contributed by atoms with Crippen LogP contribution in [0.1, 0.15) is 13.8 Å². The van der Waals surface area contributed by atoms with Crippen molar-refractivity contribution < 1.29 is 4.80 Å². The molecule has 0 amide bonds. The summed E-state index contributed by atoms with van der Waals surface area (Å²) in [6, 6.07) is 1.53. The molecule has 0 saturated heterocycles. The molecule has 0 rings (SSSR count). The molecule has 0 heterocycles. The van der Waals surface area contributed by atoms with E-state index in [1.807, 2.05) is 13.8 Å². The first-order chi connectivity index (χ1) is 3.12. The molecule has 44 valence electrons. The van der Waals surface area contributed by atoms with Crippen LogP contribution < -0.4 is 5.40 Å². The molecule has 0 bridgehead atoms. The van der Waals surface area contributed by atoms with Gasteiger partial charge in [0, 0.05) is 0 Å². The van der Waals surface area contributed by atoms with E-state index in [2.05, 4.69) is 0 Å². The standard InChI is InChI=1S/C4H13NOSi/c1-3-7(5,6)4-2/h6H,3-5H2,1-2H3. The van der Waals surface area contributed by atoms with Crippen LogP contribution in [-0.4, -0.2) is 13.3 Å². The van der Waals surface area contributed by atoms with Gasteiger partial charge in [-0.2, -0.15) is 0 Å². The average Bonchev–Trinajstić information content (AvgIpc) is 1.68. The lowest BCUT2D eigenvalue weighted by atomic mass is 10.9. The van der Waals surface area contributed by atoms with E-state index in [-0.39, 0.29) is 0 Å². The SMILES string of the molecule is CC[Si](N)(O)CC. The summed E-state index contributed by atoms with van der Waals surface area (Å²) in [5.41, 5.74) is 0. The Hall–Kier alpha value is 0.137. The number of rotatable bonds is 2. The van der Waals surface area contributed by atoms with Crippen molar-refractivity contribution >= 4 is 8.48 Å². The third-order valence-corrected chi connectivity index (χ3v) is 3.67. The molecule has 0 unspecified atom stereocenters. The van der Waals surface area contributed by atoms with Crippen molar-refractivity contribution in [2.75, 3.05) is 0 Å². The predicted octanol–water partition coefficient (Wildman–Crippen LogP) is 0.419. The van der Waals surface area contributed by atoms with Crippen LogP contribution in [0.25, 0.3) is 0 Å². The van der Waals surface area contributed by atoms with Crippen LogP contribution in [0.3, 0.4) is 0 Å². The monoisotopic (exact) mass is 119 g/mol. The van der Waals surface area contributed by atoms with E-state index in [4.69, 9.17) is 10.2 Å². The van der Waals surface area contributed by atoms with Gasteiger partial charge in [-0.25, -0.2) is 0 Å². The zero-order valence-corrected chi connectivity index (χ0v) is 5.94. The molecule has 2 nitrogen and oxygen atoms in total. The third kappa shape index (κ3) is 2.79. The number of hydrogen-bond donors (Lipinski definition) is 2. The highest BCUT2D eigenvalue weighted by Crippen LogP contribution is 2.00. The van der Waals surface area contributed by atoms with Gasteiger partial charge in [0.1, 0.15) is 0 Å². The molecule has 7 heavy (non-hydrogen) atoms. The molecular weight excluding hydrogens is 106 g/mol. The zero-order chi connectivity index (χ0) is 5.91. The van der Waals surface area contributed by atoms with Gasteiger partial charge in [0.15, 0.2) is 0 Å². The second kappa shape index (κ2) is 2.45. The van der Waals surface area contributed by atoms with Gasteiger partial charge in [0.25, 0.3) is 8.48 Å². The molecule has 0 aromatic heterocycles. The van der Waals surface area contributed by atoms with Crippen molar-refractivity contribution in [3.8, 4) is 0 Å². The van der Waals surface area contributed by atoms with Crippen molar-refractivity contribution in [1.82, 2.24) is 0 Å². The van der Waals surface area contributed by atoms with E-state index >= 15 is 0 Å². The van der Waals surface area contributed by atoms with Gasteiger partial charge < -0.3 is 10.2 Å². The molecule has 0 aromatic rings. The van der Waals surface area contributed by atoms with Crippen LogP contribution in [-0.2, 0) is 0 Å². The zero-order valence-electron chi connectivity index (χ0n) is 4.94. The molecular formula is C4H13NOSi. The molecule has 0 saturated carbocycles. The molecule has 0 atom stereocenters. The molecule has 0 fully saturated rings. The average molecular weight is 119 g/mol. The smallest absolute Gasteiger partial charge is 0.262 e. The molecule has 0 aromatic carbocycles. The molecule has 3 heteroatoms. The maximum absolute atomic E-state index is 9.05. The van der Waals surface area contributed by atoms with E-state index < -0.39 is 8.48 Å². The quantitative estimate of drug-likeness (QED) is 0.517. The Morgan fingerprint density at radius 1 is 1.43 bits per heavy atom. The second-order valence-corrected chi connectivity index (χ2v) is 5.43. The topological polar surface area (TPSA) is 46.2 Å². The number of hydrogen-bond acceptors (Lipinski definition) is 2. The maximum Gasteiger partial charge on any atom is 0.262 e. The van der Waals surface area contributed by atoms with Crippen molar-refractivity contribution in [2.24, 2.45) is 5.40 Å². The molecule has 0 aliphatic rings. The highest BCUT2D eigenvalue weighted by atomic mass is 28.4. The van der Waals surface area contributed by atoms with Gasteiger partial charge in [-0.15, -0.1) is 0 Å². The van der Waals surface area contributed by atoms with Gasteiger partial charge in [-0.05, 0) is 12.1 Å². The first-order valence-electron chi connectivity index (χ1n) is 2.63. The lowest BCUT2D eigenvalue weighted by molar-refractivity contribution is 0.533. The minimum absolute atomic E-state index is 0.767. The van der Waals surface area contributed by atoms with Crippen LogP contribution in [0.2, 0.25) is 12.1 Å². The van der Waals surface area contributed by atoms with Gasteiger partial charge in [0.05, 0.1) is 0 Å². The summed E-state index contributed by atoms with van der Waals surface area (Å²) in [6.07, 6.45) is 0. The largest absolute Gasteiger partial charge is 0.419 e. The Labute approximate surface area is 45.6 Å². The van der Waals surface area contributed by atoms with Crippen LogP contribution in [0.5, 0.6) is 0 Å². The highest BCUT2D eigenvalue weighted by Gasteiger charge is 2.18. The summed E-state index contributed by atoms with van der Waals surface area (Å²) in [4.78, 5) is 9.05. The van der Waals surface area contributed by atoms with E-state index in [1.165, 1.54) is 0 Å². The summed E-state index contributed by atoms with van der Waals surface area (Å²) in [5.74, 6) is 0. The lowest BCUT2D eigenvalue weighted by Crippen LogP contribution is -2.43. The van der Waals surface area contributed by atoms with Crippen LogP contribution >= 0.6 is 0 Å². The Morgan fingerprint density at radius 3 is 1.71 bits per heavy atom. The summed E-state index contributed by atoms with van der Waals surface area (Å²) in [7, 11) is -2.15. The Balaban J connectivity index is 3.36. The molecule has 3 N–H and O–H groups in total. The van der Waals surface area contributed by atoms with Crippen molar-refractivity contribution in [3.05, 3.63) is 0 Å². The normalized spacial score (nSPS) is 12.0. The maximum atomic E-state index is 9.05. The number of nitrogens with two attached hydrogens (primary N) is 1.